The van der Waals surface area contributed by atoms with Crippen molar-refractivity contribution in [3.05, 3.63) is 11.9 Å². The number of hydrogen-bond acceptors (Lipinski definition) is 5. The molecule has 1 aliphatic heterocycles. The Hall–Kier alpha value is -1.36. The molecule has 1 atom stereocenters. The Morgan fingerprint density at radius 1 is 1.50 bits per heavy atom. The van der Waals surface area contributed by atoms with Crippen LogP contribution in [0.25, 0.3) is 0 Å². The fraction of sp³-hybridized carbons (Fsp3) is 0.692. The summed E-state index contributed by atoms with van der Waals surface area (Å²) < 4.78 is 0. The maximum absolute atomic E-state index is 9.45. The number of aliphatic hydroxyl groups excluding tert-OH is 1. The second-order valence-corrected chi connectivity index (χ2v) is 5.04. The van der Waals surface area contributed by atoms with Gasteiger partial charge < -0.3 is 15.3 Å². The molecule has 2 N–H and O–H groups in total. The maximum atomic E-state index is 9.45. The monoisotopic (exact) mass is 250 g/mol. The number of hydrogen-bond donors (Lipinski definition) is 2. The van der Waals surface area contributed by atoms with Crippen molar-refractivity contribution in [3.63, 3.8) is 0 Å². The van der Waals surface area contributed by atoms with Crippen LogP contribution < -0.4 is 10.2 Å². The summed E-state index contributed by atoms with van der Waals surface area (Å²) in [6, 6.07) is 0.196. The molecule has 5 heteroatoms. The summed E-state index contributed by atoms with van der Waals surface area (Å²) in [5.41, 5.74) is 1.14. The number of nitrogens with one attached hydrogen (secondary N) is 1. The van der Waals surface area contributed by atoms with Gasteiger partial charge in [0, 0.05) is 19.2 Å². The Balaban J connectivity index is 2.43. The minimum absolute atomic E-state index is 0.191. The van der Waals surface area contributed by atoms with Crippen LogP contribution in [0.1, 0.15) is 38.2 Å². The lowest BCUT2D eigenvalue weighted by molar-refractivity contribution is 0.266. The lowest BCUT2D eigenvalue weighted by atomic mass is 10.0. The highest BCUT2D eigenvalue weighted by atomic mass is 16.3. The molecule has 1 saturated heterocycles. The molecule has 1 aliphatic rings. The highest BCUT2D eigenvalue weighted by Gasteiger charge is 2.28. The molecule has 0 spiro atoms. The highest BCUT2D eigenvalue weighted by molar-refractivity contribution is 5.61. The van der Waals surface area contributed by atoms with E-state index in [1.165, 1.54) is 0 Å². The molecule has 0 aromatic carbocycles. The summed E-state index contributed by atoms with van der Waals surface area (Å²) in [6.07, 6.45) is 3.74. The zero-order valence-corrected chi connectivity index (χ0v) is 11.3. The Labute approximate surface area is 108 Å². The van der Waals surface area contributed by atoms with Crippen molar-refractivity contribution in [1.82, 2.24) is 9.97 Å². The quantitative estimate of drug-likeness (QED) is 0.850. The summed E-state index contributed by atoms with van der Waals surface area (Å²) in [5, 5.41) is 12.6. The fourth-order valence-electron chi connectivity index (χ4n) is 2.65. The van der Waals surface area contributed by atoms with Gasteiger partial charge in [0.25, 0.3) is 0 Å². The van der Waals surface area contributed by atoms with Crippen molar-refractivity contribution in [2.75, 3.05) is 30.4 Å². The van der Waals surface area contributed by atoms with Crippen LogP contribution >= 0.6 is 0 Å². The minimum Gasteiger partial charge on any atom is -0.394 e. The van der Waals surface area contributed by atoms with Crippen LogP contribution in [0, 0.1) is 0 Å². The van der Waals surface area contributed by atoms with Gasteiger partial charge in [0.05, 0.1) is 12.6 Å². The lowest BCUT2D eigenvalue weighted by Gasteiger charge is -2.28. The molecule has 0 radical (unpaired) electrons. The van der Waals surface area contributed by atoms with Gasteiger partial charge in [-0.25, -0.2) is 9.97 Å². The van der Waals surface area contributed by atoms with Gasteiger partial charge in [0.1, 0.15) is 18.0 Å². The second kappa shape index (κ2) is 5.52. The lowest BCUT2D eigenvalue weighted by Crippen LogP contribution is -2.34. The Morgan fingerprint density at radius 2 is 2.28 bits per heavy atom. The molecule has 0 aliphatic carbocycles. The molecule has 18 heavy (non-hydrogen) atoms. The summed E-state index contributed by atoms with van der Waals surface area (Å²) >= 11 is 0. The Morgan fingerprint density at radius 3 is 2.89 bits per heavy atom. The van der Waals surface area contributed by atoms with Gasteiger partial charge in [0.2, 0.25) is 0 Å². The van der Waals surface area contributed by atoms with Crippen molar-refractivity contribution >= 4 is 11.6 Å². The molecular formula is C13H22N4O. The van der Waals surface area contributed by atoms with Crippen LogP contribution in [-0.2, 0) is 0 Å². The van der Waals surface area contributed by atoms with Crippen molar-refractivity contribution in [2.45, 2.75) is 38.6 Å². The van der Waals surface area contributed by atoms with Gasteiger partial charge in [-0.05, 0) is 18.8 Å². The molecule has 2 rings (SSSR count). The molecular weight excluding hydrogens is 228 g/mol. The van der Waals surface area contributed by atoms with Gasteiger partial charge in [0.15, 0.2) is 0 Å². The van der Waals surface area contributed by atoms with E-state index in [0.717, 1.165) is 36.6 Å². The van der Waals surface area contributed by atoms with E-state index in [4.69, 9.17) is 0 Å². The number of aromatic nitrogens is 2. The predicted octanol–water partition coefficient (Wildman–Crippen LogP) is 1.60. The summed E-state index contributed by atoms with van der Waals surface area (Å²) in [7, 11) is 1.88. The summed E-state index contributed by atoms with van der Waals surface area (Å²) in [6.45, 7) is 5.45. The number of aliphatic hydroxyl groups is 1. The smallest absolute Gasteiger partial charge is 0.137 e. The zero-order chi connectivity index (χ0) is 13.1. The van der Waals surface area contributed by atoms with Crippen molar-refractivity contribution in [3.8, 4) is 0 Å². The SMILES string of the molecule is CNc1ncnc(N2CCCC2CO)c1C(C)C. The van der Waals surface area contributed by atoms with Crippen LogP contribution in [0.15, 0.2) is 6.33 Å². The van der Waals surface area contributed by atoms with Crippen molar-refractivity contribution < 1.29 is 5.11 Å². The molecule has 1 aromatic rings. The first kappa shape index (κ1) is 13.1. The number of anilines is 2. The van der Waals surface area contributed by atoms with Crippen LogP contribution in [0.2, 0.25) is 0 Å². The Kier molecular flexibility index (Phi) is 4.01. The van der Waals surface area contributed by atoms with Crippen LogP contribution in [0.3, 0.4) is 0 Å². The number of nitrogens with zero attached hydrogens (tertiary/aromatic N) is 3. The standard InChI is InChI=1S/C13H22N4O/c1-9(2)11-12(14-3)15-8-16-13(11)17-6-4-5-10(17)7-18/h8-10,18H,4-7H2,1-3H3,(H,14,15,16). The molecule has 0 amide bonds. The first-order valence-electron chi connectivity index (χ1n) is 6.59. The van der Waals surface area contributed by atoms with E-state index in [1.807, 2.05) is 7.05 Å². The molecule has 100 valence electrons. The van der Waals surface area contributed by atoms with E-state index in [2.05, 4.69) is 34.0 Å². The third-order valence-electron chi connectivity index (χ3n) is 3.54. The molecule has 5 nitrogen and oxygen atoms in total. The topological polar surface area (TPSA) is 61.3 Å². The van der Waals surface area contributed by atoms with Crippen molar-refractivity contribution in [2.24, 2.45) is 0 Å². The van der Waals surface area contributed by atoms with Crippen molar-refractivity contribution in [1.29, 1.82) is 0 Å². The van der Waals surface area contributed by atoms with Gasteiger partial charge in [-0.2, -0.15) is 0 Å². The zero-order valence-electron chi connectivity index (χ0n) is 11.3. The third-order valence-corrected chi connectivity index (χ3v) is 3.54. The minimum atomic E-state index is 0.191. The normalized spacial score (nSPS) is 19.6. The van der Waals surface area contributed by atoms with E-state index >= 15 is 0 Å². The van der Waals surface area contributed by atoms with E-state index in [9.17, 15) is 5.11 Å². The average Bonchev–Trinajstić information content (AvgIpc) is 2.85. The van der Waals surface area contributed by atoms with Gasteiger partial charge in [-0.3, -0.25) is 0 Å². The average molecular weight is 250 g/mol. The van der Waals surface area contributed by atoms with E-state index in [0.29, 0.717) is 5.92 Å². The van der Waals surface area contributed by atoms with Crippen LogP contribution in [0.4, 0.5) is 11.6 Å². The summed E-state index contributed by atoms with van der Waals surface area (Å²) in [4.78, 5) is 11.0. The van der Waals surface area contributed by atoms with E-state index < -0.39 is 0 Å². The van der Waals surface area contributed by atoms with Gasteiger partial charge >= 0.3 is 0 Å². The first-order chi connectivity index (χ1) is 8.69. The van der Waals surface area contributed by atoms with Crippen LogP contribution in [0.5, 0.6) is 0 Å². The molecule has 2 heterocycles. The first-order valence-corrected chi connectivity index (χ1v) is 6.59. The Bertz CT molecular complexity index is 408. The number of rotatable bonds is 4. The third kappa shape index (κ3) is 2.27. The van der Waals surface area contributed by atoms with Crippen LogP contribution in [-0.4, -0.2) is 41.3 Å². The highest BCUT2D eigenvalue weighted by Crippen LogP contribution is 2.34. The molecule has 0 bridgehead atoms. The molecule has 1 unspecified atom stereocenters. The molecule has 1 aromatic heterocycles. The summed E-state index contributed by atoms with van der Waals surface area (Å²) in [5.74, 6) is 2.21. The van der Waals surface area contributed by atoms with Gasteiger partial charge in [-0.1, -0.05) is 13.8 Å². The largest absolute Gasteiger partial charge is 0.394 e. The molecule has 1 fully saturated rings. The predicted molar refractivity (Wildman–Crippen MR) is 73.1 cm³/mol. The maximum Gasteiger partial charge on any atom is 0.137 e. The van der Waals surface area contributed by atoms with E-state index in [1.54, 1.807) is 6.33 Å². The van der Waals surface area contributed by atoms with E-state index in [-0.39, 0.29) is 12.6 Å². The second-order valence-electron chi connectivity index (χ2n) is 5.04. The van der Waals surface area contributed by atoms with Gasteiger partial charge in [-0.15, -0.1) is 0 Å². The molecule has 0 saturated carbocycles. The fourth-order valence-corrected chi connectivity index (χ4v) is 2.65.